The quantitative estimate of drug-likeness (QED) is 0.812. The van der Waals surface area contributed by atoms with Crippen molar-refractivity contribution >= 4 is 44.9 Å². The molecule has 2 N–H and O–H groups in total. The second kappa shape index (κ2) is 7.43. The molecule has 0 saturated heterocycles. The van der Waals surface area contributed by atoms with Crippen molar-refractivity contribution in [2.45, 2.75) is 13.3 Å². The molecule has 1 heterocycles. The molecular weight excluding hydrogens is 354 g/mol. The van der Waals surface area contributed by atoms with E-state index in [0.29, 0.717) is 22.1 Å². The van der Waals surface area contributed by atoms with Gasteiger partial charge in [0.1, 0.15) is 5.82 Å². The third kappa shape index (κ3) is 4.19. The molecule has 0 atom stereocenters. The van der Waals surface area contributed by atoms with Gasteiger partial charge in [-0.25, -0.2) is 4.98 Å². The number of carbonyl (C=O) groups excluding carboxylic acids is 1. The molecule has 110 valence electrons. The maximum atomic E-state index is 12.4. The van der Waals surface area contributed by atoms with Gasteiger partial charge in [-0.1, -0.05) is 34.5 Å². The highest BCUT2D eigenvalue weighted by Crippen LogP contribution is 2.26. The fourth-order valence-corrected chi connectivity index (χ4v) is 2.28. The molecule has 1 amide bonds. The van der Waals surface area contributed by atoms with Crippen molar-refractivity contribution in [3.05, 3.63) is 51.6 Å². The number of anilines is 2. The molecule has 0 aliphatic carbocycles. The number of halogens is 2. The van der Waals surface area contributed by atoms with Gasteiger partial charge in [-0.2, -0.15) is 0 Å². The van der Waals surface area contributed by atoms with Crippen LogP contribution in [0.15, 0.2) is 41.0 Å². The molecule has 2 rings (SSSR count). The van der Waals surface area contributed by atoms with Gasteiger partial charge in [0.05, 0.1) is 16.3 Å². The van der Waals surface area contributed by atoms with Crippen LogP contribution in [-0.4, -0.2) is 17.4 Å². The van der Waals surface area contributed by atoms with Crippen molar-refractivity contribution < 1.29 is 4.79 Å². The van der Waals surface area contributed by atoms with Crippen LogP contribution in [0.1, 0.15) is 23.7 Å². The number of pyridine rings is 1. The van der Waals surface area contributed by atoms with E-state index in [0.717, 1.165) is 17.4 Å². The third-order valence-corrected chi connectivity index (χ3v) is 3.59. The van der Waals surface area contributed by atoms with Crippen LogP contribution >= 0.6 is 27.5 Å². The molecule has 0 spiro atoms. The summed E-state index contributed by atoms with van der Waals surface area (Å²) in [6.45, 7) is 2.81. The van der Waals surface area contributed by atoms with Crippen LogP contribution in [0.25, 0.3) is 0 Å². The highest BCUT2D eigenvalue weighted by Gasteiger charge is 2.13. The summed E-state index contributed by atoms with van der Waals surface area (Å²) in [5.74, 6) is 0.324. The molecule has 0 saturated carbocycles. The Kier molecular flexibility index (Phi) is 5.59. The Balaban J connectivity index is 2.22. The van der Waals surface area contributed by atoms with E-state index in [2.05, 4.69) is 38.5 Å². The Morgan fingerprint density at radius 2 is 2.19 bits per heavy atom. The molecule has 1 aromatic carbocycles. The van der Waals surface area contributed by atoms with Crippen LogP contribution in [-0.2, 0) is 0 Å². The zero-order chi connectivity index (χ0) is 15.2. The predicted octanol–water partition coefficient (Wildman–Crippen LogP) is 4.57. The summed E-state index contributed by atoms with van der Waals surface area (Å²) in [6.07, 6.45) is 2.61. The molecule has 0 aliphatic rings. The molecule has 1 aromatic heterocycles. The summed E-state index contributed by atoms with van der Waals surface area (Å²) in [5.41, 5.74) is 1.04. The number of aromatic nitrogens is 1. The molecular formula is C15H15BrClN3O. The number of nitrogens with zero attached hydrogens (tertiary/aromatic N) is 1. The Morgan fingerprint density at radius 3 is 2.95 bits per heavy atom. The summed E-state index contributed by atoms with van der Waals surface area (Å²) in [5, 5.41) is 6.43. The second-order valence-electron chi connectivity index (χ2n) is 4.40. The lowest BCUT2D eigenvalue weighted by atomic mass is 10.2. The Labute approximate surface area is 137 Å². The van der Waals surface area contributed by atoms with Crippen molar-refractivity contribution in [1.82, 2.24) is 4.98 Å². The normalized spacial score (nSPS) is 10.2. The zero-order valence-electron chi connectivity index (χ0n) is 11.5. The van der Waals surface area contributed by atoms with Crippen LogP contribution in [0.4, 0.5) is 11.5 Å². The fraction of sp³-hybridized carbons (Fsp3) is 0.200. The highest BCUT2D eigenvalue weighted by atomic mass is 79.9. The third-order valence-electron chi connectivity index (χ3n) is 2.77. The lowest BCUT2D eigenvalue weighted by Gasteiger charge is -2.11. The van der Waals surface area contributed by atoms with Crippen LogP contribution < -0.4 is 10.6 Å². The van der Waals surface area contributed by atoms with Gasteiger partial charge < -0.3 is 10.6 Å². The fourth-order valence-electron chi connectivity index (χ4n) is 1.76. The molecule has 0 radical (unpaired) electrons. The first-order valence-corrected chi connectivity index (χ1v) is 7.74. The van der Waals surface area contributed by atoms with Gasteiger partial charge in [0, 0.05) is 17.2 Å². The smallest absolute Gasteiger partial charge is 0.259 e. The lowest BCUT2D eigenvalue weighted by Crippen LogP contribution is -2.16. The number of amides is 1. The predicted molar refractivity (Wildman–Crippen MR) is 90.1 cm³/mol. The lowest BCUT2D eigenvalue weighted by molar-refractivity contribution is 0.102. The minimum absolute atomic E-state index is 0.248. The summed E-state index contributed by atoms with van der Waals surface area (Å²) < 4.78 is 0.845. The zero-order valence-corrected chi connectivity index (χ0v) is 13.8. The van der Waals surface area contributed by atoms with E-state index in [1.807, 2.05) is 6.07 Å². The molecule has 21 heavy (non-hydrogen) atoms. The van der Waals surface area contributed by atoms with Gasteiger partial charge in [0.15, 0.2) is 0 Å². The van der Waals surface area contributed by atoms with E-state index in [1.54, 1.807) is 30.5 Å². The van der Waals surface area contributed by atoms with E-state index < -0.39 is 0 Å². The highest BCUT2D eigenvalue weighted by molar-refractivity contribution is 9.10. The van der Waals surface area contributed by atoms with Crippen molar-refractivity contribution in [3.8, 4) is 0 Å². The Hall–Kier alpha value is -1.59. The first-order valence-electron chi connectivity index (χ1n) is 6.57. The van der Waals surface area contributed by atoms with Crippen LogP contribution in [0.3, 0.4) is 0 Å². The maximum absolute atomic E-state index is 12.4. The summed E-state index contributed by atoms with van der Waals surface area (Å²) in [7, 11) is 0. The number of nitrogens with one attached hydrogen (secondary N) is 2. The largest absolute Gasteiger partial charge is 0.369 e. The topological polar surface area (TPSA) is 54.0 Å². The first kappa shape index (κ1) is 15.8. The SMILES string of the molecule is CCCNc1ncccc1C(=O)Nc1cc(Br)ccc1Cl. The van der Waals surface area contributed by atoms with Crippen LogP contribution in [0.2, 0.25) is 5.02 Å². The van der Waals surface area contributed by atoms with E-state index in [4.69, 9.17) is 11.6 Å². The van der Waals surface area contributed by atoms with Crippen LogP contribution in [0.5, 0.6) is 0 Å². The summed E-state index contributed by atoms with van der Waals surface area (Å²) >= 11 is 9.44. The molecule has 0 fully saturated rings. The average molecular weight is 369 g/mol. The number of hydrogen-bond donors (Lipinski definition) is 2. The summed E-state index contributed by atoms with van der Waals surface area (Å²) in [6, 6.07) is 8.76. The van der Waals surface area contributed by atoms with E-state index in [-0.39, 0.29) is 5.91 Å². The Morgan fingerprint density at radius 1 is 1.38 bits per heavy atom. The molecule has 0 unspecified atom stereocenters. The van der Waals surface area contributed by atoms with Gasteiger partial charge >= 0.3 is 0 Å². The van der Waals surface area contributed by atoms with Gasteiger partial charge in [0.25, 0.3) is 5.91 Å². The number of carbonyl (C=O) groups is 1. The molecule has 2 aromatic rings. The van der Waals surface area contributed by atoms with Gasteiger partial charge in [0.2, 0.25) is 0 Å². The number of hydrogen-bond acceptors (Lipinski definition) is 3. The number of benzene rings is 1. The van der Waals surface area contributed by atoms with Crippen LogP contribution in [0, 0.1) is 0 Å². The van der Waals surface area contributed by atoms with E-state index in [9.17, 15) is 4.79 Å². The van der Waals surface area contributed by atoms with Crippen molar-refractivity contribution in [2.75, 3.05) is 17.2 Å². The van der Waals surface area contributed by atoms with Crippen molar-refractivity contribution in [1.29, 1.82) is 0 Å². The molecule has 6 heteroatoms. The standard InChI is InChI=1S/C15H15BrClN3O/c1-2-7-18-14-11(4-3-8-19-14)15(21)20-13-9-10(16)5-6-12(13)17/h3-6,8-9H,2,7H2,1H3,(H,18,19)(H,20,21). The minimum atomic E-state index is -0.248. The van der Waals surface area contributed by atoms with E-state index >= 15 is 0 Å². The van der Waals surface area contributed by atoms with Gasteiger partial charge in [-0.15, -0.1) is 0 Å². The maximum Gasteiger partial charge on any atom is 0.259 e. The van der Waals surface area contributed by atoms with E-state index in [1.165, 1.54) is 0 Å². The molecule has 0 aliphatic heterocycles. The van der Waals surface area contributed by atoms with Crippen molar-refractivity contribution in [3.63, 3.8) is 0 Å². The summed E-state index contributed by atoms with van der Waals surface area (Å²) in [4.78, 5) is 16.6. The molecule has 0 bridgehead atoms. The molecule has 4 nitrogen and oxygen atoms in total. The van der Waals surface area contributed by atoms with Crippen molar-refractivity contribution in [2.24, 2.45) is 0 Å². The first-order chi connectivity index (χ1) is 10.1. The second-order valence-corrected chi connectivity index (χ2v) is 5.73. The van der Waals surface area contributed by atoms with Gasteiger partial charge in [-0.05, 0) is 36.8 Å². The van der Waals surface area contributed by atoms with Gasteiger partial charge in [-0.3, -0.25) is 4.79 Å². The number of rotatable bonds is 5. The monoisotopic (exact) mass is 367 g/mol. The minimum Gasteiger partial charge on any atom is -0.369 e. The average Bonchev–Trinajstić information content (AvgIpc) is 2.49. The Bertz CT molecular complexity index is 649.